The number of ether oxygens (including phenoxy) is 1. The summed E-state index contributed by atoms with van der Waals surface area (Å²) >= 11 is 0. The number of aromatic amines is 1. The monoisotopic (exact) mass is 1690 g/mol. The number of H-pyrrole nitrogens is 1. The summed E-state index contributed by atoms with van der Waals surface area (Å²) in [6.45, 7) is 5.01. The van der Waals surface area contributed by atoms with Gasteiger partial charge in [-0.25, -0.2) is 4.79 Å². The van der Waals surface area contributed by atoms with Gasteiger partial charge >= 0.3 is 29.8 Å². The maximum absolute atomic E-state index is 14.9. The third-order valence-electron chi connectivity index (χ3n) is 18.8. The number of aliphatic hydroxyl groups excluding tert-OH is 1. The van der Waals surface area contributed by atoms with Gasteiger partial charge in [-0.3, -0.25) is 91.1 Å². The SMILES string of the molecule is CCCCCCCCCC(=O)N[C@@H](Cc1c[nH]c2cc(CC=C(C)C)ccc12)C(=O)N[C@H](CC(N)=O)C(=O)N[C@@H](CC(=O)O)C(=O)N[C@@H]1C(=O)NCC(=O)N[C@@H](CCCN)C(=O)N[C@@H](CC(=O)O)C(=O)N[C@H](C)C(=O)N[C@@H](CC(=O)O)C(=O)NCC(=O)N[C@H](CO)C(=O)N[C@@H]([C@H](C)CC(=O)O)C(=O)N[C@@H](CC(=O)c2ccccc2N)C(=O)O[C@@H]1C. The van der Waals surface area contributed by atoms with Gasteiger partial charge in [0, 0.05) is 47.6 Å². The summed E-state index contributed by atoms with van der Waals surface area (Å²) in [5.41, 5.74) is 20.2. The van der Waals surface area contributed by atoms with Crippen molar-refractivity contribution in [3.63, 3.8) is 0 Å². The number of esters is 1. The second-order valence-electron chi connectivity index (χ2n) is 29.1. The van der Waals surface area contributed by atoms with Crippen LogP contribution in [0.5, 0.6) is 0 Å². The molecule has 658 valence electrons. The maximum atomic E-state index is 14.9. The molecular formula is C77H109N17O26. The van der Waals surface area contributed by atoms with Gasteiger partial charge in [-0.15, -0.1) is 0 Å². The Labute approximate surface area is 688 Å². The lowest BCUT2D eigenvalue weighted by atomic mass is 9.96. The second-order valence-corrected chi connectivity index (χ2v) is 29.1. The summed E-state index contributed by atoms with van der Waals surface area (Å²) in [5, 5.41) is 79.0. The Hall–Kier alpha value is -13.0. The van der Waals surface area contributed by atoms with E-state index in [0.29, 0.717) is 35.7 Å². The zero-order valence-electron chi connectivity index (χ0n) is 67.3. The van der Waals surface area contributed by atoms with E-state index in [0.717, 1.165) is 64.0 Å². The predicted molar refractivity (Wildman–Crippen MR) is 423 cm³/mol. The number of cyclic esters (lactones) is 1. The number of carbonyl (C=O) groups is 20. The van der Waals surface area contributed by atoms with E-state index in [-0.39, 0.29) is 37.1 Å². The number of fused-ring (bicyclic) bond motifs is 1. The van der Waals surface area contributed by atoms with E-state index < -0.39 is 261 Å². The smallest absolute Gasteiger partial charge is 0.329 e. The van der Waals surface area contributed by atoms with Gasteiger partial charge in [0.2, 0.25) is 82.7 Å². The Morgan fingerprint density at radius 1 is 0.583 bits per heavy atom. The number of carboxylic acid groups (broad SMARTS) is 4. The molecule has 3 aromatic rings. The number of hydrogen-bond donors (Lipinski definition) is 22. The van der Waals surface area contributed by atoms with Gasteiger partial charge in [-0.1, -0.05) is 88.3 Å². The molecule has 2 heterocycles. The molecule has 1 saturated heterocycles. The van der Waals surface area contributed by atoms with Crippen molar-refractivity contribution in [1.29, 1.82) is 0 Å². The number of carboxylic acids is 4. The van der Waals surface area contributed by atoms with Crippen LogP contribution >= 0.6 is 0 Å². The van der Waals surface area contributed by atoms with E-state index in [4.69, 9.17) is 21.9 Å². The number of aliphatic hydroxyl groups is 1. The fourth-order valence-electron chi connectivity index (χ4n) is 12.3. The number of allylic oxidation sites excluding steroid dienone is 2. The first kappa shape index (κ1) is 99.4. The molecule has 1 aliphatic rings. The van der Waals surface area contributed by atoms with Crippen LogP contribution in [0.4, 0.5) is 5.69 Å². The number of amides is 14. The number of unbranched alkanes of at least 4 members (excludes halogenated alkanes) is 6. The quantitative estimate of drug-likeness (QED) is 0.00857. The highest BCUT2D eigenvalue weighted by Crippen LogP contribution is 2.24. The molecule has 25 N–H and O–H groups in total. The van der Waals surface area contributed by atoms with Crippen LogP contribution in [-0.2, 0) is 109 Å². The zero-order valence-corrected chi connectivity index (χ0v) is 67.3. The largest absolute Gasteiger partial charge is 0.481 e. The van der Waals surface area contributed by atoms with Crippen molar-refractivity contribution in [2.24, 2.45) is 17.4 Å². The minimum Gasteiger partial charge on any atom is -0.481 e. The van der Waals surface area contributed by atoms with Gasteiger partial charge in [-0.2, -0.15) is 0 Å². The molecule has 1 aromatic heterocycles. The first-order valence-electron chi connectivity index (χ1n) is 38.8. The molecule has 1 aliphatic heterocycles. The Bertz CT molecular complexity index is 4260. The van der Waals surface area contributed by atoms with Crippen LogP contribution in [-0.4, -0.2) is 248 Å². The topological polar surface area (TPSA) is 702 Å². The molecular weight excluding hydrogens is 1580 g/mol. The number of para-hydroxylation sites is 1. The number of nitrogens with two attached hydrogens (primary N) is 3. The summed E-state index contributed by atoms with van der Waals surface area (Å²) in [6.07, 6.45) is 0.253. The van der Waals surface area contributed by atoms with Crippen LogP contribution in [0.2, 0.25) is 0 Å². The molecule has 43 nitrogen and oxygen atoms in total. The Balaban J connectivity index is 1.89. The molecule has 0 aliphatic carbocycles. The lowest BCUT2D eigenvalue weighted by molar-refractivity contribution is -0.156. The molecule has 0 spiro atoms. The molecule has 43 heteroatoms. The molecule has 4 rings (SSSR count). The normalized spacial score (nSPS) is 20.8. The van der Waals surface area contributed by atoms with Crippen molar-refractivity contribution in [2.45, 2.75) is 230 Å². The van der Waals surface area contributed by atoms with Gasteiger partial charge in [0.05, 0.1) is 51.8 Å². The van der Waals surface area contributed by atoms with Crippen LogP contribution in [0.25, 0.3) is 10.9 Å². The number of aromatic nitrogens is 1. The van der Waals surface area contributed by atoms with Crippen molar-refractivity contribution < 1.29 is 126 Å². The number of anilines is 1. The van der Waals surface area contributed by atoms with Gasteiger partial charge < -0.3 is 122 Å². The first-order chi connectivity index (χ1) is 56.6. The van der Waals surface area contributed by atoms with E-state index in [2.05, 4.69) is 65.1 Å². The average molecular weight is 1690 g/mol. The molecule has 0 bridgehead atoms. The van der Waals surface area contributed by atoms with E-state index in [1.54, 1.807) is 6.20 Å². The van der Waals surface area contributed by atoms with E-state index in [9.17, 15) is 121 Å². The minimum atomic E-state index is -2.45. The van der Waals surface area contributed by atoms with Gasteiger partial charge in [0.15, 0.2) is 5.78 Å². The molecule has 14 amide bonds. The van der Waals surface area contributed by atoms with E-state index in [1.165, 1.54) is 24.3 Å². The number of carbonyl (C=O) groups excluding carboxylic acids is 16. The number of aliphatic carboxylic acids is 4. The first-order valence-corrected chi connectivity index (χ1v) is 38.8. The Morgan fingerprint density at radius 3 is 1.73 bits per heavy atom. The van der Waals surface area contributed by atoms with Crippen LogP contribution in [0.15, 0.2) is 60.3 Å². The van der Waals surface area contributed by atoms with Crippen molar-refractivity contribution in [1.82, 2.24) is 74.1 Å². The summed E-state index contributed by atoms with van der Waals surface area (Å²) in [7, 11) is 0. The molecule has 2 aromatic carbocycles. The predicted octanol–water partition coefficient (Wildman–Crippen LogP) is -4.11. The highest BCUT2D eigenvalue weighted by atomic mass is 16.5. The van der Waals surface area contributed by atoms with Crippen molar-refractivity contribution in [3.8, 4) is 0 Å². The van der Waals surface area contributed by atoms with Crippen molar-refractivity contribution in [2.75, 3.05) is 32.0 Å². The highest BCUT2D eigenvalue weighted by molar-refractivity contribution is 6.05. The lowest BCUT2D eigenvalue weighted by Gasteiger charge is -2.30. The minimum absolute atomic E-state index is 0.0248. The summed E-state index contributed by atoms with van der Waals surface area (Å²) in [6, 6.07) is -12.0. The number of rotatable bonds is 37. The van der Waals surface area contributed by atoms with Gasteiger partial charge in [0.25, 0.3) is 0 Å². The van der Waals surface area contributed by atoms with Gasteiger partial charge in [0.1, 0.15) is 72.6 Å². The molecule has 13 atom stereocenters. The number of ketones is 1. The van der Waals surface area contributed by atoms with Crippen LogP contribution in [0, 0.1) is 5.92 Å². The maximum Gasteiger partial charge on any atom is 0.329 e. The number of Topliss-reactive ketones (excluding diaryl/α,β-unsaturated/α-hetero) is 1. The third kappa shape index (κ3) is 34.3. The third-order valence-corrected chi connectivity index (χ3v) is 18.8. The molecule has 0 saturated carbocycles. The van der Waals surface area contributed by atoms with E-state index >= 15 is 0 Å². The van der Waals surface area contributed by atoms with E-state index in [1.807, 2.05) is 54.1 Å². The Morgan fingerprint density at radius 2 is 1.14 bits per heavy atom. The van der Waals surface area contributed by atoms with Gasteiger partial charge in [-0.05, 0) is 95.2 Å². The number of benzene rings is 2. The Kier molecular flexibility index (Phi) is 41.4. The summed E-state index contributed by atoms with van der Waals surface area (Å²) in [4.78, 5) is 277. The fourth-order valence-corrected chi connectivity index (χ4v) is 12.3. The summed E-state index contributed by atoms with van der Waals surface area (Å²) in [5.74, 6) is -29.8. The number of primary amides is 1. The van der Waals surface area contributed by atoms with Crippen molar-refractivity contribution >= 4 is 135 Å². The molecule has 0 radical (unpaired) electrons. The van der Waals surface area contributed by atoms with Crippen LogP contribution in [0.1, 0.15) is 166 Å². The molecule has 0 unspecified atom stereocenters. The van der Waals surface area contributed by atoms with Crippen LogP contribution < -0.4 is 86.3 Å². The molecule has 120 heavy (non-hydrogen) atoms. The summed E-state index contributed by atoms with van der Waals surface area (Å²) < 4.78 is 5.70. The fraction of sp³-hybridized carbons (Fsp3) is 0.532. The molecule has 1 fully saturated rings. The second kappa shape index (κ2) is 50.0. The number of hydrogen-bond acceptors (Lipinski definition) is 24. The average Bonchev–Trinajstić information content (AvgIpc) is 1.62. The number of nitrogen functional groups attached to an aromatic ring is 1. The van der Waals surface area contributed by atoms with Crippen LogP contribution in [0.3, 0.4) is 0 Å². The van der Waals surface area contributed by atoms with Crippen molar-refractivity contribution in [3.05, 3.63) is 77.0 Å². The number of nitrogens with one attached hydrogen (secondary N) is 14. The lowest BCUT2D eigenvalue weighted by Crippen LogP contribution is -2.62. The highest BCUT2D eigenvalue weighted by Gasteiger charge is 2.41. The zero-order chi connectivity index (χ0) is 89.6. The standard InChI is InChI=1S/C77H109N17O26/c1-7-8-9-10-11-12-13-20-58(98)86-49(28-43-34-81-48-27-42(22-21-38(2)3)23-24-44(43)48)71(113)89-50(30-57(80)97)72(114)91-53(33-64(107)108)73(115)94-66-41(6)120-77(119)54(29-56(96)45-17-14-15-18-46(45)79)92-76(118)65(39(4)26-61(101)102)93-74(116)55(37-95)87-60(100)35-82-68(110)51(31-62(103)104)88-67(109)40(5)84-70(112)52(32-63(105)106)90-69(111)47(19-16-25-78)85-59(99)36-83-75(66)117/h14-15,17-18,21,23-24,27,34,39-41,47,49-55,65-66,81,95H,7-13,16,19-20,22,25-26,28-33,35-37,78-79H2,1-6H3,(H2,80,97)(H,82,110)(H,83,117)(H,84,112)(H,85,99)(H,86,98)(H,87,100)(H,88,109)(H,89,113)(H,90,111)(H,91,114)(H,92,118)(H,93,116)(H,94,115)(H,101,102)(H,103,104)(H,105,106)(H,107,108)/t39-,40-,41-,47+,49+,50-,51+,52+,53+,54+,55-,65+,66+/m1/s1.